The third-order valence-electron chi connectivity index (χ3n) is 4.53. The van der Waals surface area contributed by atoms with Gasteiger partial charge in [-0.1, -0.05) is 13.0 Å². The molecule has 1 aliphatic carbocycles. The van der Waals surface area contributed by atoms with Gasteiger partial charge >= 0.3 is 0 Å². The van der Waals surface area contributed by atoms with Gasteiger partial charge in [-0.25, -0.2) is 0 Å². The van der Waals surface area contributed by atoms with Crippen LogP contribution < -0.4 is 5.32 Å². The van der Waals surface area contributed by atoms with Gasteiger partial charge < -0.3 is 5.32 Å². The molecule has 4 rings (SSSR count). The highest BCUT2D eigenvalue weighted by molar-refractivity contribution is 7.14. The second-order valence-corrected chi connectivity index (χ2v) is 7.69. The number of fused-ring (bicyclic) bond motifs is 1. The molecular formula is C18H19N5OS. The van der Waals surface area contributed by atoms with E-state index >= 15 is 0 Å². The van der Waals surface area contributed by atoms with Crippen LogP contribution in [0.5, 0.6) is 0 Å². The van der Waals surface area contributed by atoms with Crippen LogP contribution in [0.3, 0.4) is 0 Å². The predicted molar refractivity (Wildman–Crippen MR) is 97.4 cm³/mol. The normalized spacial score (nSPS) is 16.5. The van der Waals surface area contributed by atoms with Crippen LogP contribution in [0.4, 0.5) is 5.69 Å². The molecule has 25 heavy (non-hydrogen) atoms. The van der Waals surface area contributed by atoms with E-state index in [0.717, 1.165) is 29.1 Å². The Morgan fingerprint density at radius 3 is 3.04 bits per heavy atom. The molecule has 128 valence electrons. The molecule has 0 bridgehead atoms. The molecule has 1 N–H and O–H groups in total. The Balaban J connectivity index is 1.55. The average Bonchev–Trinajstić information content (AvgIpc) is 3.20. The molecule has 6 nitrogen and oxygen atoms in total. The fourth-order valence-electron chi connectivity index (χ4n) is 3.20. The number of nitrogens with one attached hydrogen (secondary N) is 1. The minimum absolute atomic E-state index is 0.0577. The summed E-state index contributed by atoms with van der Waals surface area (Å²) in [6, 6.07) is 9.59. The van der Waals surface area contributed by atoms with Gasteiger partial charge in [-0.3, -0.25) is 4.79 Å². The fourth-order valence-corrected chi connectivity index (χ4v) is 4.30. The van der Waals surface area contributed by atoms with Crippen LogP contribution >= 0.6 is 11.3 Å². The first-order valence-corrected chi connectivity index (χ1v) is 9.20. The molecule has 0 saturated carbocycles. The summed E-state index contributed by atoms with van der Waals surface area (Å²) in [5.41, 5.74) is 2.89. The van der Waals surface area contributed by atoms with Gasteiger partial charge in [0.05, 0.1) is 10.6 Å². The highest BCUT2D eigenvalue weighted by Crippen LogP contribution is 2.32. The van der Waals surface area contributed by atoms with Gasteiger partial charge in [0.15, 0.2) is 5.82 Å². The summed E-state index contributed by atoms with van der Waals surface area (Å²) in [6.45, 7) is 4.11. The largest absolute Gasteiger partial charge is 0.321 e. The zero-order valence-electron chi connectivity index (χ0n) is 14.2. The molecular weight excluding hydrogens is 334 g/mol. The minimum Gasteiger partial charge on any atom is -0.321 e. The zero-order chi connectivity index (χ0) is 17.4. The third-order valence-corrected chi connectivity index (χ3v) is 5.76. The number of aryl methyl sites for hydroxylation is 2. The molecule has 1 atom stereocenters. The number of hydrogen-bond acceptors (Lipinski definition) is 5. The van der Waals surface area contributed by atoms with Crippen molar-refractivity contribution in [3.8, 4) is 5.69 Å². The molecule has 0 spiro atoms. The van der Waals surface area contributed by atoms with E-state index in [9.17, 15) is 4.79 Å². The van der Waals surface area contributed by atoms with Crippen LogP contribution in [0.1, 0.15) is 39.3 Å². The van der Waals surface area contributed by atoms with E-state index in [4.69, 9.17) is 0 Å². The molecule has 1 aliphatic rings. The lowest BCUT2D eigenvalue weighted by molar-refractivity contribution is 0.103. The molecule has 3 aromatic rings. The van der Waals surface area contributed by atoms with Crippen molar-refractivity contribution in [3.05, 3.63) is 51.5 Å². The van der Waals surface area contributed by atoms with E-state index in [-0.39, 0.29) is 5.91 Å². The standard InChI is InChI=1S/C18H19N5OS/c1-11-6-7-16-13(8-11)9-17(25-16)18(24)19-14-4-3-5-15(10-14)23-12(2)20-21-22-23/h3-5,9-11H,6-8H2,1-2H3,(H,19,24). The summed E-state index contributed by atoms with van der Waals surface area (Å²) in [4.78, 5) is 14.8. The summed E-state index contributed by atoms with van der Waals surface area (Å²) in [5.74, 6) is 1.34. The molecule has 0 fully saturated rings. The maximum atomic E-state index is 12.6. The molecule has 7 heteroatoms. The minimum atomic E-state index is -0.0577. The molecule has 1 amide bonds. The number of nitrogens with zero attached hydrogens (tertiary/aromatic N) is 4. The number of aromatic nitrogens is 4. The van der Waals surface area contributed by atoms with Crippen LogP contribution in [0.2, 0.25) is 0 Å². The van der Waals surface area contributed by atoms with Gasteiger partial charge in [-0.15, -0.1) is 16.4 Å². The van der Waals surface area contributed by atoms with E-state index in [2.05, 4.69) is 33.8 Å². The quantitative estimate of drug-likeness (QED) is 0.783. The van der Waals surface area contributed by atoms with E-state index in [1.807, 2.05) is 31.2 Å². The monoisotopic (exact) mass is 353 g/mol. The second-order valence-electron chi connectivity index (χ2n) is 6.55. The fraction of sp³-hybridized carbons (Fsp3) is 0.333. The van der Waals surface area contributed by atoms with Gasteiger partial charge in [0.2, 0.25) is 0 Å². The van der Waals surface area contributed by atoms with Crippen LogP contribution in [0, 0.1) is 12.8 Å². The van der Waals surface area contributed by atoms with E-state index in [0.29, 0.717) is 11.7 Å². The molecule has 1 unspecified atom stereocenters. The first-order chi connectivity index (χ1) is 12.1. The van der Waals surface area contributed by atoms with Crippen LogP contribution in [0.15, 0.2) is 30.3 Å². The second kappa shape index (κ2) is 6.40. The molecule has 0 aliphatic heterocycles. The molecule has 2 heterocycles. The van der Waals surface area contributed by atoms with Gasteiger partial charge in [-0.05, 0) is 72.4 Å². The maximum absolute atomic E-state index is 12.6. The number of rotatable bonds is 3. The number of anilines is 1. The lowest BCUT2D eigenvalue weighted by atomic mass is 9.90. The van der Waals surface area contributed by atoms with E-state index < -0.39 is 0 Å². The zero-order valence-corrected chi connectivity index (χ0v) is 15.0. The van der Waals surface area contributed by atoms with Crippen LogP contribution in [0.25, 0.3) is 5.69 Å². The Morgan fingerprint density at radius 2 is 2.24 bits per heavy atom. The number of tetrazole rings is 1. The Bertz CT molecular complexity index is 929. The summed E-state index contributed by atoms with van der Waals surface area (Å²) >= 11 is 1.62. The first kappa shape index (κ1) is 16.0. The highest BCUT2D eigenvalue weighted by atomic mass is 32.1. The van der Waals surface area contributed by atoms with Crippen LogP contribution in [-0.4, -0.2) is 26.1 Å². The Morgan fingerprint density at radius 1 is 1.36 bits per heavy atom. The number of benzene rings is 1. The molecule has 0 radical (unpaired) electrons. The number of thiophene rings is 1. The van der Waals surface area contributed by atoms with Crippen molar-refractivity contribution < 1.29 is 4.79 Å². The lowest BCUT2D eigenvalue weighted by Gasteiger charge is -2.16. The number of carbonyl (C=O) groups excluding carboxylic acids is 1. The van der Waals surface area contributed by atoms with Crippen molar-refractivity contribution in [2.24, 2.45) is 5.92 Å². The van der Waals surface area contributed by atoms with Crippen molar-refractivity contribution in [3.63, 3.8) is 0 Å². The Hall–Kier alpha value is -2.54. The van der Waals surface area contributed by atoms with E-state index in [1.54, 1.807) is 16.0 Å². The van der Waals surface area contributed by atoms with Crippen molar-refractivity contribution in [1.29, 1.82) is 0 Å². The lowest BCUT2D eigenvalue weighted by Crippen LogP contribution is -2.11. The van der Waals surface area contributed by atoms with Crippen molar-refractivity contribution in [1.82, 2.24) is 20.2 Å². The number of carbonyl (C=O) groups is 1. The van der Waals surface area contributed by atoms with Gasteiger partial charge in [0.25, 0.3) is 5.91 Å². The van der Waals surface area contributed by atoms with Crippen molar-refractivity contribution >= 4 is 22.9 Å². The summed E-state index contributed by atoms with van der Waals surface area (Å²) < 4.78 is 1.64. The smallest absolute Gasteiger partial charge is 0.265 e. The highest BCUT2D eigenvalue weighted by Gasteiger charge is 2.20. The average molecular weight is 353 g/mol. The third kappa shape index (κ3) is 3.19. The van der Waals surface area contributed by atoms with Crippen LogP contribution in [-0.2, 0) is 12.8 Å². The number of amides is 1. The Labute approximate surface area is 149 Å². The summed E-state index contributed by atoms with van der Waals surface area (Å²) in [6.07, 6.45) is 3.37. The van der Waals surface area contributed by atoms with Gasteiger partial charge in [-0.2, -0.15) is 4.68 Å². The Kier molecular flexibility index (Phi) is 4.09. The molecule has 2 aromatic heterocycles. The van der Waals surface area contributed by atoms with Crippen molar-refractivity contribution in [2.45, 2.75) is 33.1 Å². The van der Waals surface area contributed by atoms with Gasteiger partial charge in [0, 0.05) is 10.6 Å². The maximum Gasteiger partial charge on any atom is 0.265 e. The molecule has 1 aromatic carbocycles. The predicted octanol–water partition coefficient (Wildman–Crippen LogP) is 3.41. The SMILES string of the molecule is Cc1nnnn1-c1cccc(NC(=O)c2cc3c(s2)CCC(C)C3)c1. The van der Waals surface area contributed by atoms with Gasteiger partial charge in [0.1, 0.15) is 0 Å². The number of hydrogen-bond donors (Lipinski definition) is 1. The first-order valence-electron chi connectivity index (χ1n) is 8.38. The molecule has 0 saturated heterocycles. The summed E-state index contributed by atoms with van der Waals surface area (Å²) in [7, 11) is 0. The summed E-state index contributed by atoms with van der Waals surface area (Å²) in [5, 5.41) is 14.5. The topological polar surface area (TPSA) is 72.7 Å². The van der Waals surface area contributed by atoms with E-state index in [1.165, 1.54) is 16.9 Å². The van der Waals surface area contributed by atoms with Crippen molar-refractivity contribution in [2.75, 3.05) is 5.32 Å².